The summed E-state index contributed by atoms with van der Waals surface area (Å²) < 4.78 is 10.8. The van der Waals surface area contributed by atoms with E-state index in [4.69, 9.17) is 15.2 Å². The van der Waals surface area contributed by atoms with Gasteiger partial charge >= 0.3 is 0 Å². The van der Waals surface area contributed by atoms with Crippen molar-refractivity contribution in [1.82, 2.24) is 0 Å². The summed E-state index contributed by atoms with van der Waals surface area (Å²) in [5.41, 5.74) is 10.0. The molecule has 24 heavy (non-hydrogen) atoms. The fraction of sp³-hybridized carbons (Fsp3) is 0.400. The molecule has 1 saturated heterocycles. The van der Waals surface area contributed by atoms with Crippen LogP contribution in [0, 0.1) is 6.92 Å². The van der Waals surface area contributed by atoms with Crippen molar-refractivity contribution >= 4 is 5.69 Å². The second kappa shape index (κ2) is 7.14. The summed E-state index contributed by atoms with van der Waals surface area (Å²) in [5, 5.41) is 0. The van der Waals surface area contributed by atoms with Crippen molar-refractivity contribution in [1.29, 1.82) is 0 Å². The number of anilines is 1. The van der Waals surface area contributed by atoms with E-state index in [1.54, 1.807) is 14.2 Å². The van der Waals surface area contributed by atoms with Crippen molar-refractivity contribution in [2.24, 2.45) is 5.73 Å². The number of piperidine rings is 1. The summed E-state index contributed by atoms with van der Waals surface area (Å²) >= 11 is 0. The molecule has 2 aromatic carbocycles. The average Bonchev–Trinajstić information content (AvgIpc) is 2.61. The van der Waals surface area contributed by atoms with Crippen molar-refractivity contribution in [3.05, 3.63) is 53.6 Å². The third-order valence-electron chi connectivity index (χ3n) is 4.77. The first-order chi connectivity index (χ1) is 11.6. The molecule has 2 unspecified atom stereocenters. The number of hydrogen-bond donors (Lipinski definition) is 1. The molecule has 1 aliphatic heterocycles. The van der Waals surface area contributed by atoms with E-state index in [-0.39, 0.29) is 12.1 Å². The van der Waals surface area contributed by atoms with E-state index in [9.17, 15) is 0 Å². The maximum absolute atomic E-state index is 6.27. The molecule has 128 valence electrons. The Kier molecular flexibility index (Phi) is 4.95. The van der Waals surface area contributed by atoms with E-state index in [1.165, 1.54) is 11.1 Å². The highest BCUT2D eigenvalue weighted by Gasteiger charge is 2.28. The zero-order valence-corrected chi connectivity index (χ0v) is 14.7. The first-order valence-electron chi connectivity index (χ1n) is 8.43. The van der Waals surface area contributed by atoms with Crippen LogP contribution in [0.15, 0.2) is 42.5 Å². The first-order valence-corrected chi connectivity index (χ1v) is 8.43. The van der Waals surface area contributed by atoms with Crippen LogP contribution in [0.25, 0.3) is 0 Å². The normalized spacial score (nSPS) is 20.8. The van der Waals surface area contributed by atoms with Gasteiger partial charge in [0.1, 0.15) is 0 Å². The van der Waals surface area contributed by atoms with Crippen LogP contribution >= 0.6 is 0 Å². The number of hydrogen-bond acceptors (Lipinski definition) is 4. The van der Waals surface area contributed by atoms with Crippen LogP contribution in [0.3, 0.4) is 0 Å². The molecular formula is C20H26N2O2. The fourth-order valence-electron chi connectivity index (χ4n) is 3.50. The molecule has 0 bridgehead atoms. The lowest BCUT2D eigenvalue weighted by Gasteiger charge is -2.40. The highest BCUT2D eigenvalue weighted by Crippen LogP contribution is 2.38. The van der Waals surface area contributed by atoms with Crippen LogP contribution in [0.1, 0.15) is 30.0 Å². The van der Waals surface area contributed by atoms with Crippen LogP contribution in [0.2, 0.25) is 0 Å². The van der Waals surface area contributed by atoms with Gasteiger partial charge < -0.3 is 20.1 Å². The van der Waals surface area contributed by atoms with E-state index in [2.05, 4.69) is 48.2 Å². The topological polar surface area (TPSA) is 47.7 Å². The molecule has 3 rings (SSSR count). The number of nitrogens with zero attached hydrogens (tertiary/aromatic N) is 1. The van der Waals surface area contributed by atoms with Crippen LogP contribution in [0.4, 0.5) is 5.69 Å². The molecule has 1 aliphatic rings. The minimum Gasteiger partial charge on any atom is -0.493 e. The molecule has 4 nitrogen and oxygen atoms in total. The minimum absolute atomic E-state index is 0.243. The summed E-state index contributed by atoms with van der Waals surface area (Å²) in [7, 11) is 3.33. The molecule has 0 saturated carbocycles. The number of aryl methyl sites for hydroxylation is 1. The maximum Gasteiger partial charge on any atom is 0.162 e. The molecule has 1 fully saturated rings. The van der Waals surface area contributed by atoms with E-state index >= 15 is 0 Å². The van der Waals surface area contributed by atoms with Gasteiger partial charge in [-0.05, 0) is 37.5 Å². The van der Waals surface area contributed by atoms with Crippen molar-refractivity contribution in [2.45, 2.75) is 31.8 Å². The molecule has 2 N–H and O–H groups in total. The van der Waals surface area contributed by atoms with Gasteiger partial charge in [0.05, 0.1) is 20.3 Å². The SMILES string of the molecule is COc1ccc(N2CCC(N)CC2c2cccc(C)c2)cc1OC. The van der Waals surface area contributed by atoms with Gasteiger partial charge in [0.15, 0.2) is 11.5 Å². The van der Waals surface area contributed by atoms with Gasteiger partial charge in [-0.2, -0.15) is 0 Å². The van der Waals surface area contributed by atoms with Crippen LogP contribution < -0.4 is 20.1 Å². The average molecular weight is 326 g/mol. The van der Waals surface area contributed by atoms with E-state index in [0.717, 1.165) is 36.6 Å². The van der Waals surface area contributed by atoms with Crippen molar-refractivity contribution in [2.75, 3.05) is 25.7 Å². The third kappa shape index (κ3) is 3.34. The molecule has 0 aromatic heterocycles. The zero-order chi connectivity index (χ0) is 17.1. The maximum atomic E-state index is 6.27. The van der Waals surface area contributed by atoms with Crippen molar-refractivity contribution < 1.29 is 9.47 Å². The summed E-state index contributed by atoms with van der Waals surface area (Å²) in [5.74, 6) is 1.51. The van der Waals surface area contributed by atoms with Crippen LogP contribution in [-0.4, -0.2) is 26.8 Å². The molecule has 0 amide bonds. The van der Waals surface area contributed by atoms with Crippen LogP contribution in [-0.2, 0) is 0 Å². The minimum atomic E-state index is 0.243. The van der Waals surface area contributed by atoms with Gasteiger partial charge in [-0.3, -0.25) is 0 Å². The van der Waals surface area contributed by atoms with E-state index < -0.39 is 0 Å². The number of benzene rings is 2. The number of ether oxygens (including phenoxy) is 2. The largest absolute Gasteiger partial charge is 0.493 e. The third-order valence-corrected chi connectivity index (χ3v) is 4.77. The molecule has 1 heterocycles. The van der Waals surface area contributed by atoms with Gasteiger partial charge in [-0.1, -0.05) is 29.8 Å². The predicted molar refractivity (Wildman–Crippen MR) is 98.0 cm³/mol. The Labute approximate surface area is 144 Å². The molecule has 0 radical (unpaired) electrons. The number of nitrogens with two attached hydrogens (primary N) is 1. The standard InChI is InChI=1S/C20H26N2O2/c1-14-5-4-6-15(11-14)18-12-16(21)9-10-22(18)17-7-8-19(23-2)20(13-17)24-3/h4-8,11,13,16,18H,9-10,12,21H2,1-3H3. The molecule has 2 aromatic rings. The summed E-state index contributed by atoms with van der Waals surface area (Å²) in [4.78, 5) is 2.43. The van der Waals surface area contributed by atoms with Gasteiger partial charge in [0.2, 0.25) is 0 Å². The smallest absolute Gasteiger partial charge is 0.162 e. The van der Waals surface area contributed by atoms with Crippen molar-refractivity contribution in [3.8, 4) is 11.5 Å². The van der Waals surface area contributed by atoms with Gasteiger partial charge in [0.25, 0.3) is 0 Å². The van der Waals surface area contributed by atoms with Gasteiger partial charge in [0, 0.05) is 24.3 Å². The Bertz CT molecular complexity index is 702. The van der Waals surface area contributed by atoms with Crippen LogP contribution in [0.5, 0.6) is 11.5 Å². The van der Waals surface area contributed by atoms with Gasteiger partial charge in [-0.25, -0.2) is 0 Å². The highest BCUT2D eigenvalue weighted by atomic mass is 16.5. The quantitative estimate of drug-likeness (QED) is 0.931. The van der Waals surface area contributed by atoms with E-state index in [0.29, 0.717) is 0 Å². The molecule has 0 aliphatic carbocycles. The molecule has 4 heteroatoms. The first kappa shape index (κ1) is 16.7. The fourth-order valence-corrected chi connectivity index (χ4v) is 3.50. The Morgan fingerprint density at radius 3 is 2.54 bits per heavy atom. The summed E-state index contributed by atoms with van der Waals surface area (Å²) in [6, 6.07) is 15.4. The Morgan fingerprint density at radius 1 is 1.04 bits per heavy atom. The number of methoxy groups -OCH3 is 2. The Hall–Kier alpha value is -2.20. The second-order valence-corrected chi connectivity index (χ2v) is 6.45. The highest BCUT2D eigenvalue weighted by molar-refractivity contribution is 5.58. The Balaban J connectivity index is 1.97. The predicted octanol–water partition coefficient (Wildman–Crippen LogP) is 3.68. The molecule has 2 atom stereocenters. The second-order valence-electron chi connectivity index (χ2n) is 6.45. The van der Waals surface area contributed by atoms with Crippen molar-refractivity contribution in [3.63, 3.8) is 0 Å². The number of rotatable bonds is 4. The zero-order valence-electron chi connectivity index (χ0n) is 14.7. The lowest BCUT2D eigenvalue weighted by atomic mass is 9.91. The summed E-state index contributed by atoms with van der Waals surface area (Å²) in [6.07, 6.45) is 1.95. The van der Waals surface area contributed by atoms with Gasteiger partial charge in [-0.15, -0.1) is 0 Å². The monoisotopic (exact) mass is 326 g/mol. The molecule has 0 spiro atoms. The lowest BCUT2D eigenvalue weighted by molar-refractivity contribution is 0.354. The molecular weight excluding hydrogens is 300 g/mol. The lowest BCUT2D eigenvalue weighted by Crippen LogP contribution is -2.42. The summed E-state index contributed by atoms with van der Waals surface area (Å²) in [6.45, 7) is 3.07. The van der Waals surface area contributed by atoms with E-state index in [1.807, 2.05) is 6.07 Å². The Morgan fingerprint density at radius 2 is 1.83 bits per heavy atom.